The number of ether oxygens (including phenoxy) is 1. The molecule has 6 heteroatoms. The lowest BCUT2D eigenvalue weighted by Gasteiger charge is -2.50. The molecule has 0 radical (unpaired) electrons. The third-order valence-electron chi connectivity index (χ3n) is 5.36. The molecule has 1 saturated heterocycles. The lowest BCUT2D eigenvalue weighted by molar-refractivity contribution is 0.0378. The van der Waals surface area contributed by atoms with Crippen molar-refractivity contribution in [1.29, 1.82) is 0 Å². The summed E-state index contributed by atoms with van der Waals surface area (Å²) < 4.78 is 6.27. The number of urea groups is 1. The molecule has 0 spiro atoms. The van der Waals surface area contributed by atoms with Gasteiger partial charge in [0.25, 0.3) is 5.91 Å². The van der Waals surface area contributed by atoms with Gasteiger partial charge in [0.1, 0.15) is 5.75 Å². The minimum Gasteiger partial charge on any atom is -0.467 e. The van der Waals surface area contributed by atoms with E-state index in [0.717, 1.165) is 24.2 Å². The summed E-state index contributed by atoms with van der Waals surface area (Å²) in [7, 11) is 0. The molecule has 2 heterocycles. The molecule has 2 unspecified atom stereocenters. The highest BCUT2D eigenvalue weighted by atomic mass is 16.5. The van der Waals surface area contributed by atoms with Crippen molar-refractivity contribution in [3.05, 3.63) is 59.7 Å². The van der Waals surface area contributed by atoms with Gasteiger partial charge in [-0.3, -0.25) is 9.69 Å². The molecule has 2 aromatic rings. The van der Waals surface area contributed by atoms with E-state index in [9.17, 15) is 9.59 Å². The largest absolute Gasteiger partial charge is 0.467 e. The standard InChI is InChI=1S/C22H25N3O3/c1-3-4-12-23-20(26)15-8-7-9-16(13-15)25-21(27)24-18-14-22(25,2)28-19-11-6-5-10-17(18)19/h5-11,13,18H,3-4,12,14H2,1-2H3,(H,23,26)(H,24,27). The summed E-state index contributed by atoms with van der Waals surface area (Å²) in [5.41, 5.74) is 1.35. The quantitative estimate of drug-likeness (QED) is 0.772. The zero-order valence-corrected chi connectivity index (χ0v) is 16.2. The number of fused-ring (bicyclic) bond motifs is 4. The van der Waals surface area contributed by atoms with Crippen LogP contribution < -0.4 is 20.3 Å². The van der Waals surface area contributed by atoms with Crippen LogP contribution in [0.4, 0.5) is 10.5 Å². The zero-order valence-electron chi connectivity index (χ0n) is 16.2. The SMILES string of the molecule is CCCCNC(=O)c1cccc(N2C(=O)NC3CC2(C)Oc2ccccc23)c1. The van der Waals surface area contributed by atoms with E-state index in [1.165, 1.54) is 0 Å². The Morgan fingerprint density at radius 2 is 2.11 bits per heavy atom. The lowest BCUT2D eigenvalue weighted by atomic mass is 9.90. The number of nitrogens with one attached hydrogen (secondary N) is 2. The van der Waals surface area contributed by atoms with Crippen LogP contribution in [0.5, 0.6) is 5.75 Å². The van der Waals surface area contributed by atoms with Crippen LogP contribution >= 0.6 is 0 Å². The van der Waals surface area contributed by atoms with Crippen molar-refractivity contribution in [1.82, 2.24) is 10.6 Å². The average molecular weight is 379 g/mol. The fourth-order valence-electron chi connectivity index (χ4n) is 3.98. The molecule has 2 aromatic carbocycles. The molecule has 0 saturated carbocycles. The molecule has 2 aliphatic heterocycles. The van der Waals surface area contributed by atoms with Gasteiger partial charge in [-0.2, -0.15) is 0 Å². The number of benzene rings is 2. The molecule has 0 aromatic heterocycles. The molecular formula is C22H25N3O3. The molecule has 2 N–H and O–H groups in total. The van der Waals surface area contributed by atoms with Crippen LogP contribution in [0.1, 0.15) is 55.1 Å². The molecule has 146 valence electrons. The van der Waals surface area contributed by atoms with Crippen molar-refractivity contribution in [2.24, 2.45) is 0 Å². The highest BCUT2D eigenvalue weighted by Gasteiger charge is 2.49. The van der Waals surface area contributed by atoms with Crippen LogP contribution in [-0.4, -0.2) is 24.2 Å². The van der Waals surface area contributed by atoms with Gasteiger partial charge < -0.3 is 15.4 Å². The highest BCUT2D eigenvalue weighted by Crippen LogP contribution is 2.45. The molecule has 28 heavy (non-hydrogen) atoms. The Kier molecular flexibility index (Phi) is 4.71. The van der Waals surface area contributed by atoms with E-state index in [1.54, 1.807) is 23.1 Å². The van der Waals surface area contributed by atoms with Crippen molar-refractivity contribution >= 4 is 17.6 Å². The molecule has 2 bridgehead atoms. The van der Waals surface area contributed by atoms with Gasteiger partial charge in [0.15, 0.2) is 5.72 Å². The minimum absolute atomic E-state index is 0.0841. The number of carbonyl (C=O) groups excluding carboxylic acids is 2. The number of hydrogen-bond acceptors (Lipinski definition) is 3. The van der Waals surface area contributed by atoms with Gasteiger partial charge in [-0.15, -0.1) is 0 Å². The first-order chi connectivity index (χ1) is 13.5. The maximum absolute atomic E-state index is 12.9. The molecule has 6 nitrogen and oxygen atoms in total. The number of amides is 3. The predicted molar refractivity (Wildman–Crippen MR) is 108 cm³/mol. The minimum atomic E-state index is -0.821. The van der Waals surface area contributed by atoms with Crippen molar-refractivity contribution in [2.75, 3.05) is 11.4 Å². The first kappa shape index (κ1) is 18.3. The van der Waals surface area contributed by atoms with E-state index < -0.39 is 5.72 Å². The van der Waals surface area contributed by atoms with Crippen LogP contribution in [-0.2, 0) is 0 Å². The van der Waals surface area contributed by atoms with Crippen LogP contribution in [0.15, 0.2) is 48.5 Å². The van der Waals surface area contributed by atoms with Crippen LogP contribution in [0, 0.1) is 0 Å². The first-order valence-corrected chi connectivity index (χ1v) is 9.79. The Morgan fingerprint density at radius 3 is 2.93 bits per heavy atom. The van der Waals surface area contributed by atoms with Crippen molar-refractivity contribution in [3.63, 3.8) is 0 Å². The molecular weight excluding hydrogens is 354 g/mol. The number of nitrogens with zero attached hydrogens (tertiary/aromatic N) is 1. The maximum atomic E-state index is 12.9. The Bertz CT molecular complexity index is 913. The van der Waals surface area contributed by atoms with Crippen molar-refractivity contribution < 1.29 is 14.3 Å². The summed E-state index contributed by atoms with van der Waals surface area (Å²) in [6, 6.07) is 14.6. The highest BCUT2D eigenvalue weighted by molar-refractivity contribution is 5.98. The fraction of sp³-hybridized carbons (Fsp3) is 0.364. The monoisotopic (exact) mass is 379 g/mol. The van der Waals surface area contributed by atoms with E-state index >= 15 is 0 Å². The van der Waals surface area contributed by atoms with Gasteiger partial charge >= 0.3 is 6.03 Å². The fourth-order valence-corrected chi connectivity index (χ4v) is 3.98. The predicted octanol–water partition coefficient (Wildman–Crippen LogP) is 3.99. The van der Waals surface area contributed by atoms with Gasteiger partial charge in [-0.1, -0.05) is 37.6 Å². The van der Waals surface area contributed by atoms with Crippen LogP contribution in [0.25, 0.3) is 0 Å². The van der Waals surface area contributed by atoms with Crippen LogP contribution in [0.2, 0.25) is 0 Å². The number of anilines is 1. The number of carbonyl (C=O) groups is 2. The molecule has 3 amide bonds. The summed E-state index contributed by atoms with van der Waals surface area (Å²) in [5.74, 6) is 0.644. The number of para-hydroxylation sites is 1. The Balaban J connectivity index is 1.64. The van der Waals surface area contributed by atoms with Gasteiger partial charge in [-0.25, -0.2) is 4.79 Å². The van der Waals surface area contributed by atoms with E-state index in [-0.39, 0.29) is 18.0 Å². The second kappa shape index (κ2) is 7.19. The van der Waals surface area contributed by atoms with E-state index in [0.29, 0.717) is 24.2 Å². The molecule has 0 aliphatic carbocycles. The zero-order chi connectivity index (χ0) is 19.7. The maximum Gasteiger partial charge on any atom is 0.325 e. The smallest absolute Gasteiger partial charge is 0.325 e. The van der Waals surface area contributed by atoms with E-state index in [4.69, 9.17) is 4.74 Å². The summed E-state index contributed by atoms with van der Waals surface area (Å²) >= 11 is 0. The van der Waals surface area contributed by atoms with Gasteiger partial charge in [0.05, 0.1) is 11.7 Å². The number of unbranched alkanes of at least 4 members (excludes halogenated alkanes) is 1. The van der Waals surface area contributed by atoms with Crippen molar-refractivity contribution in [3.8, 4) is 5.75 Å². The second-order valence-corrected chi connectivity index (χ2v) is 7.52. The Morgan fingerprint density at radius 1 is 1.29 bits per heavy atom. The summed E-state index contributed by atoms with van der Waals surface area (Å²) in [6.07, 6.45) is 2.59. The topological polar surface area (TPSA) is 70.7 Å². The van der Waals surface area contributed by atoms with Gasteiger partial charge in [0, 0.05) is 24.1 Å². The average Bonchev–Trinajstić information content (AvgIpc) is 2.67. The van der Waals surface area contributed by atoms with E-state index in [1.807, 2.05) is 37.3 Å². The second-order valence-electron chi connectivity index (χ2n) is 7.52. The summed E-state index contributed by atoms with van der Waals surface area (Å²) in [5, 5.41) is 5.99. The van der Waals surface area contributed by atoms with Gasteiger partial charge in [0.2, 0.25) is 0 Å². The normalized spacial score (nSPS) is 22.7. The third-order valence-corrected chi connectivity index (χ3v) is 5.36. The first-order valence-electron chi connectivity index (χ1n) is 9.79. The number of rotatable bonds is 5. The molecule has 4 rings (SSSR count). The Labute approximate surface area is 164 Å². The van der Waals surface area contributed by atoms with E-state index in [2.05, 4.69) is 17.6 Å². The summed E-state index contributed by atoms with van der Waals surface area (Å²) in [6.45, 7) is 4.64. The third kappa shape index (κ3) is 3.19. The summed E-state index contributed by atoms with van der Waals surface area (Å²) in [4.78, 5) is 27.0. The number of hydrogen-bond donors (Lipinski definition) is 2. The Hall–Kier alpha value is -3.02. The molecule has 2 atom stereocenters. The van der Waals surface area contributed by atoms with Gasteiger partial charge in [-0.05, 0) is 37.6 Å². The molecule has 2 aliphatic rings. The lowest BCUT2D eigenvalue weighted by Crippen LogP contribution is -2.65. The van der Waals surface area contributed by atoms with Crippen LogP contribution in [0.3, 0.4) is 0 Å². The van der Waals surface area contributed by atoms with Crippen molar-refractivity contribution in [2.45, 2.75) is 44.9 Å². The molecule has 1 fully saturated rings.